The number of halogens is 3. The van der Waals surface area contributed by atoms with Gasteiger partial charge in [0.05, 0.1) is 10.7 Å². The number of nitrogens with one attached hydrogen (secondary N) is 2. The second-order valence-electron chi connectivity index (χ2n) is 4.86. The standard InChI is InChI=1S/C13H15BrClFN2O3/c1-6(2)3-10(12(19)20)17-13(21)18-11-8(14)4-7(16)5-9(11)15/h4-6,10H,3H2,1-2H3,(H,19,20)(H2,17,18,21)/t10-/m0/s1. The van der Waals surface area contributed by atoms with E-state index in [9.17, 15) is 14.0 Å². The van der Waals surface area contributed by atoms with E-state index in [4.69, 9.17) is 16.7 Å². The second kappa shape index (κ2) is 7.61. The molecule has 2 amide bonds. The first-order valence-corrected chi connectivity index (χ1v) is 7.32. The third-order valence-electron chi connectivity index (χ3n) is 2.56. The van der Waals surface area contributed by atoms with Gasteiger partial charge in [0, 0.05) is 4.47 Å². The van der Waals surface area contributed by atoms with Gasteiger partial charge in [-0.2, -0.15) is 0 Å². The minimum Gasteiger partial charge on any atom is -0.480 e. The first kappa shape index (κ1) is 17.7. The summed E-state index contributed by atoms with van der Waals surface area (Å²) in [6.07, 6.45) is 0.293. The Kier molecular flexibility index (Phi) is 6.42. The summed E-state index contributed by atoms with van der Waals surface area (Å²) in [6, 6.07) is 0.454. The molecule has 0 aliphatic rings. The summed E-state index contributed by atoms with van der Waals surface area (Å²) in [7, 11) is 0. The Morgan fingerprint density at radius 2 is 2.05 bits per heavy atom. The van der Waals surface area contributed by atoms with Gasteiger partial charge in [-0.15, -0.1) is 0 Å². The largest absolute Gasteiger partial charge is 0.480 e. The molecule has 1 atom stereocenters. The molecule has 3 N–H and O–H groups in total. The Labute approximate surface area is 135 Å². The van der Waals surface area contributed by atoms with E-state index in [0.29, 0.717) is 6.42 Å². The quantitative estimate of drug-likeness (QED) is 0.724. The maximum absolute atomic E-state index is 13.1. The number of carbonyl (C=O) groups excluding carboxylic acids is 1. The van der Waals surface area contributed by atoms with Crippen molar-refractivity contribution in [2.75, 3.05) is 5.32 Å². The van der Waals surface area contributed by atoms with Crippen molar-refractivity contribution in [3.8, 4) is 0 Å². The van der Waals surface area contributed by atoms with Gasteiger partial charge in [-0.25, -0.2) is 14.0 Å². The third-order valence-corrected chi connectivity index (χ3v) is 3.48. The van der Waals surface area contributed by atoms with E-state index >= 15 is 0 Å². The van der Waals surface area contributed by atoms with Gasteiger partial charge in [0.2, 0.25) is 0 Å². The Morgan fingerprint density at radius 3 is 2.52 bits per heavy atom. The zero-order chi connectivity index (χ0) is 16.2. The van der Waals surface area contributed by atoms with Crippen LogP contribution < -0.4 is 10.6 Å². The number of hydrogen-bond acceptors (Lipinski definition) is 2. The predicted octanol–water partition coefficient (Wildman–Crippen LogP) is 3.86. The average Bonchev–Trinajstić information content (AvgIpc) is 2.32. The van der Waals surface area contributed by atoms with E-state index in [1.165, 1.54) is 0 Å². The van der Waals surface area contributed by atoms with Crippen molar-refractivity contribution < 1.29 is 19.1 Å². The van der Waals surface area contributed by atoms with Crippen LogP contribution >= 0.6 is 27.5 Å². The molecule has 0 spiro atoms. The molecule has 0 saturated heterocycles. The molecular formula is C13H15BrClFN2O3. The molecule has 0 unspecified atom stereocenters. The highest BCUT2D eigenvalue weighted by Gasteiger charge is 2.22. The van der Waals surface area contributed by atoms with Crippen LogP contribution in [0.4, 0.5) is 14.9 Å². The second-order valence-corrected chi connectivity index (χ2v) is 6.12. The number of carboxylic acid groups (broad SMARTS) is 1. The zero-order valence-corrected chi connectivity index (χ0v) is 13.8. The number of anilines is 1. The fraction of sp³-hybridized carbons (Fsp3) is 0.385. The number of rotatable bonds is 5. The van der Waals surface area contributed by atoms with Gasteiger partial charge in [-0.05, 0) is 40.4 Å². The maximum Gasteiger partial charge on any atom is 0.326 e. The Morgan fingerprint density at radius 1 is 1.43 bits per heavy atom. The lowest BCUT2D eigenvalue weighted by atomic mass is 10.0. The van der Waals surface area contributed by atoms with Gasteiger partial charge >= 0.3 is 12.0 Å². The van der Waals surface area contributed by atoms with Crippen LogP contribution in [0.2, 0.25) is 5.02 Å². The molecule has 0 fully saturated rings. The molecule has 0 aromatic heterocycles. The van der Waals surface area contributed by atoms with Gasteiger partial charge in [0.15, 0.2) is 0 Å². The van der Waals surface area contributed by atoms with Crippen molar-refractivity contribution in [3.05, 3.63) is 27.4 Å². The van der Waals surface area contributed by atoms with Crippen LogP contribution in [0, 0.1) is 11.7 Å². The number of aliphatic carboxylic acids is 1. The predicted molar refractivity (Wildman–Crippen MR) is 82.1 cm³/mol. The number of amides is 2. The minimum absolute atomic E-state index is 0.00718. The van der Waals surface area contributed by atoms with Gasteiger partial charge in [0.25, 0.3) is 0 Å². The fourth-order valence-corrected chi connectivity index (χ4v) is 2.56. The summed E-state index contributed by atoms with van der Waals surface area (Å²) in [5, 5.41) is 13.8. The van der Waals surface area contributed by atoms with E-state index in [1.54, 1.807) is 0 Å². The van der Waals surface area contributed by atoms with Crippen molar-refractivity contribution >= 4 is 45.2 Å². The lowest BCUT2D eigenvalue weighted by Gasteiger charge is -2.17. The lowest BCUT2D eigenvalue weighted by molar-refractivity contribution is -0.139. The molecule has 116 valence electrons. The highest BCUT2D eigenvalue weighted by atomic mass is 79.9. The molecule has 1 aromatic carbocycles. The maximum atomic E-state index is 13.1. The molecule has 1 aromatic rings. The average molecular weight is 382 g/mol. The van der Waals surface area contributed by atoms with Gasteiger partial charge in [-0.1, -0.05) is 25.4 Å². The summed E-state index contributed by atoms with van der Waals surface area (Å²) in [5.41, 5.74) is 0.171. The van der Waals surface area contributed by atoms with E-state index in [0.717, 1.165) is 12.1 Å². The first-order chi connectivity index (χ1) is 9.70. The van der Waals surface area contributed by atoms with Gasteiger partial charge < -0.3 is 15.7 Å². The summed E-state index contributed by atoms with van der Waals surface area (Å²) in [5.74, 6) is -1.57. The summed E-state index contributed by atoms with van der Waals surface area (Å²) >= 11 is 8.91. The molecule has 21 heavy (non-hydrogen) atoms. The monoisotopic (exact) mass is 380 g/mol. The Balaban J connectivity index is 2.79. The number of benzene rings is 1. The summed E-state index contributed by atoms with van der Waals surface area (Å²) < 4.78 is 13.3. The summed E-state index contributed by atoms with van der Waals surface area (Å²) in [6.45, 7) is 3.70. The molecule has 0 saturated carbocycles. The van der Waals surface area contributed by atoms with Crippen molar-refractivity contribution in [2.45, 2.75) is 26.3 Å². The summed E-state index contributed by atoms with van der Waals surface area (Å²) in [4.78, 5) is 22.9. The van der Waals surface area contributed by atoms with E-state index in [-0.39, 0.29) is 21.1 Å². The van der Waals surface area contributed by atoms with Gasteiger partial charge in [-0.3, -0.25) is 0 Å². The van der Waals surface area contributed by atoms with Crippen LogP contribution in [0.1, 0.15) is 20.3 Å². The van der Waals surface area contributed by atoms with E-state index < -0.39 is 23.9 Å². The molecule has 1 rings (SSSR count). The molecule has 8 heteroatoms. The van der Waals surface area contributed by atoms with Crippen LogP contribution in [0.3, 0.4) is 0 Å². The van der Waals surface area contributed by atoms with Crippen molar-refractivity contribution in [1.82, 2.24) is 5.32 Å². The Bertz CT molecular complexity index is 531. The number of carbonyl (C=O) groups is 2. The topological polar surface area (TPSA) is 78.4 Å². The van der Waals surface area contributed by atoms with Crippen LogP contribution in [0.15, 0.2) is 16.6 Å². The lowest BCUT2D eigenvalue weighted by Crippen LogP contribution is -2.43. The van der Waals surface area contributed by atoms with Crippen LogP contribution in [0.25, 0.3) is 0 Å². The minimum atomic E-state index is -1.12. The Hall–Kier alpha value is -1.34. The molecular weight excluding hydrogens is 367 g/mol. The molecule has 0 bridgehead atoms. The fourth-order valence-electron chi connectivity index (χ4n) is 1.66. The van der Waals surface area contributed by atoms with Crippen LogP contribution in [0.5, 0.6) is 0 Å². The van der Waals surface area contributed by atoms with Crippen molar-refractivity contribution in [3.63, 3.8) is 0 Å². The first-order valence-electron chi connectivity index (χ1n) is 6.15. The van der Waals surface area contributed by atoms with Crippen LogP contribution in [-0.4, -0.2) is 23.1 Å². The molecule has 0 radical (unpaired) electrons. The molecule has 0 aliphatic heterocycles. The van der Waals surface area contributed by atoms with Crippen LogP contribution in [-0.2, 0) is 4.79 Å². The highest BCUT2D eigenvalue weighted by Crippen LogP contribution is 2.31. The molecule has 0 aliphatic carbocycles. The highest BCUT2D eigenvalue weighted by molar-refractivity contribution is 9.10. The molecule has 0 heterocycles. The smallest absolute Gasteiger partial charge is 0.326 e. The number of urea groups is 1. The third kappa shape index (κ3) is 5.51. The van der Waals surface area contributed by atoms with E-state index in [2.05, 4.69) is 26.6 Å². The van der Waals surface area contributed by atoms with Crippen molar-refractivity contribution in [1.29, 1.82) is 0 Å². The van der Waals surface area contributed by atoms with Crippen molar-refractivity contribution in [2.24, 2.45) is 5.92 Å². The number of hydrogen-bond donors (Lipinski definition) is 3. The SMILES string of the molecule is CC(C)C[C@H](NC(=O)Nc1c(Cl)cc(F)cc1Br)C(=O)O. The normalized spacial score (nSPS) is 12.1. The molecule has 5 nitrogen and oxygen atoms in total. The van der Waals surface area contributed by atoms with Gasteiger partial charge in [0.1, 0.15) is 11.9 Å². The van der Waals surface area contributed by atoms with E-state index in [1.807, 2.05) is 13.8 Å². The zero-order valence-electron chi connectivity index (χ0n) is 11.4. The number of carboxylic acids is 1.